The fourth-order valence-corrected chi connectivity index (χ4v) is 1.99. The number of aliphatic hydroxyl groups is 2. The summed E-state index contributed by atoms with van der Waals surface area (Å²) in [5.41, 5.74) is 0. The molecule has 2 heterocycles. The van der Waals surface area contributed by atoms with Crippen LogP contribution in [0.5, 0.6) is 0 Å². The predicted octanol–water partition coefficient (Wildman–Crippen LogP) is -0.703. The summed E-state index contributed by atoms with van der Waals surface area (Å²) in [6, 6.07) is 0. The maximum absolute atomic E-state index is 8.85. The first-order valence-electron chi connectivity index (χ1n) is 7.61. The molecule has 0 aromatic carbocycles. The minimum atomic E-state index is 0.121. The van der Waals surface area contributed by atoms with Crippen LogP contribution >= 0.6 is 0 Å². The molecule has 1 fully saturated rings. The van der Waals surface area contributed by atoms with Gasteiger partial charge in [-0.3, -0.25) is 0 Å². The SMILES string of the molecule is OCCCNc1nc(NCCCO)nc(N2CCOCC2)n1. The lowest BCUT2D eigenvalue weighted by Crippen LogP contribution is -2.37. The van der Waals surface area contributed by atoms with Crippen LogP contribution in [0.1, 0.15) is 12.8 Å². The Balaban J connectivity index is 2.07. The number of rotatable bonds is 9. The molecule has 0 unspecified atom stereocenters. The molecule has 124 valence electrons. The van der Waals surface area contributed by atoms with Crippen LogP contribution < -0.4 is 15.5 Å². The predicted molar refractivity (Wildman–Crippen MR) is 83.2 cm³/mol. The van der Waals surface area contributed by atoms with Crippen LogP contribution in [0.3, 0.4) is 0 Å². The van der Waals surface area contributed by atoms with Crippen molar-refractivity contribution in [3.05, 3.63) is 0 Å². The van der Waals surface area contributed by atoms with Crippen LogP contribution in [-0.4, -0.2) is 77.8 Å². The molecule has 9 heteroatoms. The van der Waals surface area contributed by atoms with Crippen molar-refractivity contribution in [3.63, 3.8) is 0 Å². The fourth-order valence-electron chi connectivity index (χ4n) is 1.99. The number of morpholine rings is 1. The Bertz CT molecular complexity index is 414. The standard InChI is InChI=1S/C13H24N6O3/c20-7-1-3-14-11-16-12(15-4-2-8-21)18-13(17-11)19-5-9-22-10-6-19/h20-21H,1-10H2,(H2,14,15,16,17,18). The highest BCUT2D eigenvalue weighted by atomic mass is 16.5. The van der Waals surface area contributed by atoms with Gasteiger partial charge in [0.2, 0.25) is 17.8 Å². The number of nitrogens with zero attached hydrogens (tertiary/aromatic N) is 4. The average molecular weight is 312 g/mol. The van der Waals surface area contributed by atoms with Crippen LogP contribution in [0.4, 0.5) is 17.8 Å². The molecule has 2 rings (SSSR count). The number of aliphatic hydroxyl groups excluding tert-OH is 2. The van der Waals surface area contributed by atoms with Gasteiger partial charge in [0, 0.05) is 39.4 Å². The summed E-state index contributed by atoms with van der Waals surface area (Å²) in [5.74, 6) is 1.57. The van der Waals surface area contributed by atoms with Gasteiger partial charge in [0.15, 0.2) is 0 Å². The van der Waals surface area contributed by atoms with Crippen LogP contribution in [0, 0.1) is 0 Å². The monoisotopic (exact) mass is 312 g/mol. The summed E-state index contributed by atoms with van der Waals surface area (Å²) in [6.07, 6.45) is 1.26. The second-order valence-electron chi connectivity index (χ2n) is 4.89. The molecule has 0 bridgehead atoms. The summed E-state index contributed by atoms with van der Waals surface area (Å²) in [5, 5.41) is 23.9. The minimum Gasteiger partial charge on any atom is -0.396 e. The average Bonchev–Trinajstić information content (AvgIpc) is 2.56. The largest absolute Gasteiger partial charge is 0.396 e. The van der Waals surface area contributed by atoms with E-state index in [1.165, 1.54) is 0 Å². The molecule has 1 aromatic rings. The Morgan fingerprint density at radius 2 is 1.45 bits per heavy atom. The van der Waals surface area contributed by atoms with Gasteiger partial charge in [-0.05, 0) is 12.8 Å². The van der Waals surface area contributed by atoms with Gasteiger partial charge in [0.05, 0.1) is 13.2 Å². The van der Waals surface area contributed by atoms with Crippen molar-refractivity contribution in [1.82, 2.24) is 15.0 Å². The van der Waals surface area contributed by atoms with Crippen LogP contribution in [0.25, 0.3) is 0 Å². The van der Waals surface area contributed by atoms with Crippen LogP contribution in [0.2, 0.25) is 0 Å². The molecule has 0 saturated carbocycles. The van der Waals surface area contributed by atoms with E-state index in [2.05, 4.69) is 30.5 Å². The molecule has 9 nitrogen and oxygen atoms in total. The molecular formula is C13H24N6O3. The number of hydrogen-bond acceptors (Lipinski definition) is 9. The number of ether oxygens (including phenoxy) is 1. The number of anilines is 3. The van der Waals surface area contributed by atoms with Crippen molar-refractivity contribution in [3.8, 4) is 0 Å². The Hall–Kier alpha value is -1.71. The first-order valence-corrected chi connectivity index (χ1v) is 7.61. The molecule has 1 aliphatic heterocycles. The maximum atomic E-state index is 8.85. The zero-order valence-corrected chi connectivity index (χ0v) is 12.7. The summed E-state index contributed by atoms with van der Waals surface area (Å²) in [4.78, 5) is 15.2. The fraction of sp³-hybridized carbons (Fsp3) is 0.769. The lowest BCUT2D eigenvalue weighted by atomic mass is 10.4. The van der Waals surface area contributed by atoms with Gasteiger partial charge < -0.3 is 30.5 Å². The zero-order valence-electron chi connectivity index (χ0n) is 12.7. The lowest BCUT2D eigenvalue weighted by molar-refractivity contribution is 0.122. The Morgan fingerprint density at radius 1 is 0.909 bits per heavy atom. The third-order valence-electron chi connectivity index (χ3n) is 3.15. The van der Waals surface area contributed by atoms with E-state index >= 15 is 0 Å². The molecule has 1 saturated heterocycles. The zero-order chi connectivity index (χ0) is 15.6. The van der Waals surface area contributed by atoms with Gasteiger partial charge in [-0.15, -0.1) is 0 Å². The molecule has 0 atom stereocenters. The Kier molecular flexibility index (Phi) is 7.07. The highest BCUT2D eigenvalue weighted by Crippen LogP contribution is 2.15. The van der Waals surface area contributed by atoms with Crippen molar-refractivity contribution in [2.75, 3.05) is 68.1 Å². The molecule has 22 heavy (non-hydrogen) atoms. The molecule has 1 aliphatic rings. The molecule has 0 amide bonds. The van der Waals surface area contributed by atoms with E-state index in [-0.39, 0.29) is 13.2 Å². The summed E-state index contributed by atoms with van der Waals surface area (Å²) in [7, 11) is 0. The van der Waals surface area contributed by atoms with E-state index in [4.69, 9.17) is 14.9 Å². The van der Waals surface area contributed by atoms with E-state index < -0.39 is 0 Å². The van der Waals surface area contributed by atoms with E-state index in [0.717, 1.165) is 13.1 Å². The Labute approximate surface area is 129 Å². The van der Waals surface area contributed by atoms with E-state index in [1.54, 1.807) is 0 Å². The second kappa shape index (κ2) is 9.34. The third kappa shape index (κ3) is 5.24. The van der Waals surface area contributed by atoms with Gasteiger partial charge in [-0.2, -0.15) is 15.0 Å². The quantitative estimate of drug-likeness (QED) is 0.439. The molecule has 0 aliphatic carbocycles. The molecular weight excluding hydrogens is 288 g/mol. The van der Waals surface area contributed by atoms with E-state index in [9.17, 15) is 0 Å². The topological polar surface area (TPSA) is 116 Å². The molecule has 0 spiro atoms. The highest BCUT2D eigenvalue weighted by molar-refractivity contribution is 5.44. The molecule has 0 radical (unpaired) electrons. The smallest absolute Gasteiger partial charge is 0.232 e. The third-order valence-corrected chi connectivity index (χ3v) is 3.15. The van der Waals surface area contributed by atoms with Crippen molar-refractivity contribution >= 4 is 17.8 Å². The van der Waals surface area contributed by atoms with Gasteiger partial charge in [0.1, 0.15) is 0 Å². The molecule has 4 N–H and O–H groups in total. The van der Waals surface area contributed by atoms with Gasteiger partial charge in [-0.25, -0.2) is 0 Å². The minimum absolute atomic E-state index is 0.121. The number of aromatic nitrogens is 3. The van der Waals surface area contributed by atoms with Gasteiger partial charge >= 0.3 is 0 Å². The first-order chi connectivity index (χ1) is 10.8. The van der Waals surface area contributed by atoms with Crippen molar-refractivity contribution in [2.24, 2.45) is 0 Å². The summed E-state index contributed by atoms with van der Waals surface area (Å²) in [6.45, 7) is 4.25. The van der Waals surface area contributed by atoms with Crippen LogP contribution in [-0.2, 0) is 4.74 Å². The van der Waals surface area contributed by atoms with Gasteiger partial charge in [0.25, 0.3) is 0 Å². The number of nitrogens with one attached hydrogen (secondary N) is 2. The normalized spacial score (nSPS) is 14.9. The van der Waals surface area contributed by atoms with Gasteiger partial charge in [-0.1, -0.05) is 0 Å². The second-order valence-corrected chi connectivity index (χ2v) is 4.89. The van der Waals surface area contributed by atoms with E-state index in [1.807, 2.05) is 0 Å². The van der Waals surface area contributed by atoms with Crippen LogP contribution in [0.15, 0.2) is 0 Å². The summed E-state index contributed by atoms with van der Waals surface area (Å²) >= 11 is 0. The first kappa shape index (κ1) is 16.7. The number of hydrogen-bond donors (Lipinski definition) is 4. The Morgan fingerprint density at radius 3 is 1.95 bits per heavy atom. The van der Waals surface area contributed by atoms with E-state index in [0.29, 0.717) is 57.0 Å². The lowest BCUT2D eigenvalue weighted by Gasteiger charge is -2.27. The maximum Gasteiger partial charge on any atom is 0.232 e. The highest BCUT2D eigenvalue weighted by Gasteiger charge is 2.16. The molecule has 1 aromatic heterocycles. The van der Waals surface area contributed by atoms with Crippen molar-refractivity contribution in [1.29, 1.82) is 0 Å². The summed E-state index contributed by atoms with van der Waals surface area (Å²) < 4.78 is 5.34. The van der Waals surface area contributed by atoms with Crippen molar-refractivity contribution in [2.45, 2.75) is 12.8 Å². The van der Waals surface area contributed by atoms with Crippen molar-refractivity contribution < 1.29 is 14.9 Å².